The first-order chi connectivity index (χ1) is 6.16. The van der Waals surface area contributed by atoms with E-state index in [9.17, 15) is 0 Å². The lowest BCUT2D eigenvalue weighted by Crippen LogP contribution is -2.20. The zero-order valence-corrected chi connectivity index (χ0v) is 12.2. The lowest BCUT2D eigenvalue weighted by atomic mass is 10.5. The van der Waals surface area contributed by atoms with Gasteiger partial charge in [0.2, 0.25) is 0 Å². The van der Waals surface area contributed by atoms with Crippen LogP contribution in [-0.2, 0) is 21.1 Å². The van der Waals surface area contributed by atoms with Gasteiger partial charge in [-0.1, -0.05) is 30.4 Å². The fraction of sp³-hybridized carbons (Fsp3) is 1.00. The molecule has 0 saturated carbocycles. The SMILES string of the molecule is CCO[PH](=S)C(CC)(OC)SSS. The number of ether oxygens (including phenoxy) is 1. The molecule has 0 spiro atoms. The van der Waals surface area contributed by atoms with Crippen LogP contribution in [0.1, 0.15) is 20.3 Å². The molecule has 0 heterocycles. The molecule has 0 radical (unpaired) electrons. The molecule has 2 atom stereocenters. The summed E-state index contributed by atoms with van der Waals surface area (Å²) in [5, 5.41) is 0. The average Bonchev–Trinajstić information content (AvgIpc) is 2.14. The van der Waals surface area contributed by atoms with Gasteiger partial charge in [0, 0.05) is 13.7 Å². The Morgan fingerprint density at radius 2 is 2.15 bits per heavy atom. The Morgan fingerprint density at radius 3 is 2.46 bits per heavy atom. The molecule has 0 saturated heterocycles. The van der Waals surface area contributed by atoms with E-state index in [2.05, 4.69) is 18.6 Å². The van der Waals surface area contributed by atoms with Gasteiger partial charge >= 0.3 is 0 Å². The number of hydrogen-bond acceptors (Lipinski definition) is 6. The summed E-state index contributed by atoms with van der Waals surface area (Å²) in [5.41, 5.74) is 0. The standard InChI is InChI=1S/C6H15O2PS4/c1-4-6(7-3,12-13-11)9(10)8-5-2/h9,11H,4-5H2,1-3H3. The molecule has 0 aromatic rings. The quantitative estimate of drug-likeness (QED) is 0.331. The summed E-state index contributed by atoms with van der Waals surface area (Å²) in [6.45, 7) is 3.31. The Bertz CT molecular complexity index is 163. The Morgan fingerprint density at radius 1 is 1.54 bits per heavy atom. The van der Waals surface area contributed by atoms with Crippen LogP contribution in [0.25, 0.3) is 0 Å². The zero-order valence-electron chi connectivity index (χ0n) is 7.90. The van der Waals surface area contributed by atoms with Gasteiger partial charge in [0.25, 0.3) is 0 Å². The summed E-state index contributed by atoms with van der Waals surface area (Å²) in [7, 11) is 4.60. The molecule has 13 heavy (non-hydrogen) atoms. The number of rotatable bonds is 7. The van der Waals surface area contributed by atoms with Crippen LogP contribution in [0.15, 0.2) is 0 Å². The second kappa shape index (κ2) is 7.85. The minimum Gasteiger partial charge on any atom is -0.360 e. The van der Waals surface area contributed by atoms with Crippen molar-refractivity contribution >= 4 is 51.0 Å². The van der Waals surface area contributed by atoms with Crippen molar-refractivity contribution in [1.82, 2.24) is 0 Å². The molecule has 0 fully saturated rings. The van der Waals surface area contributed by atoms with Crippen molar-refractivity contribution in [3.8, 4) is 0 Å². The van der Waals surface area contributed by atoms with Crippen LogP contribution in [-0.4, -0.2) is 18.4 Å². The Balaban J connectivity index is 4.43. The third-order valence-corrected chi connectivity index (χ3v) is 8.82. The summed E-state index contributed by atoms with van der Waals surface area (Å²) >= 11 is 9.42. The topological polar surface area (TPSA) is 18.5 Å². The van der Waals surface area contributed by atoms with E-state index in [4.69, 9.17) is 21.1 Å². The highest BCUT2D eigenvalue weighted by molar-refractivity contribution is 9.06. The second-order valence-corrected chi connectivity index (χ2v) is 8.60. The van der Waals surface area contributed by atoms with Gasteiger partial charge in [0.15, 0.2) is 4.67 Å². The number of methoxy groups -OCH3 is 1. The first-order valence-electron chi connectivity index (χ1n) is 3.88. The van der Waals surface area contributed by atoms with Crippen molar-refractivity contribution < 1.29 is 9.26 Å². The maximum absolute atomic E-state index is 5.47. The molecule has 0 bridgehead atoms. The predicted octanol–water partition coefficient (Wildman–Crippen LogP) is 3.55. The van der Waals surface area contributed by atoms with Gasteiger partial charge in [-0.05, 0) is 34.0 Å². The van der Waals surface area contributed by atoms with Crippen LogP contribution in [0.5, 0.6) is 0 Å². The van der Waals surface area contributed by atoms with Crippen molar-refractivity contribution in [2.24, 2.45) is 0 Å². The molecule has 0 aromatic heterocycles. The normalized spacial score (nSPS) is 18.2. The van der Waals surface area contributed by atoms with E-state index in [1.807, 2.05) is 6.92 Å². The van der Waals surface area contributed by atoms with E-state index in [-0.39, 0.29) is 4.67 Å². The minimum atomic E-state index is -1.35. The van der Waals surface area contributed by atoms with Gasteiger partial charge in [0.05, 0.1) is 6.92 Å². The van der Waals surface area contributed by atoms with Gasteiger partial charge in [-0.15, -0.1) is 0 Å². The summed E-state index contributed by atoms with van der Waals surface area (Å²) in [4.78, 5) is 0. The largest absolute Gasteiger partial charge is 0.360 e. The highest BCUT2D eigenvalue weighted by Gasteiger charge is 2.33. The van der Waals surface area contributed by atoms with Gasteiger partial charge in [-0.2, -0.15) is 0 Å². The fourth-order valence-corrected chi connectivity index (χ4v) is 8.07. The molecule has 0 aliphatic carbocycles. The Kier molecular flexibility index (Phi) is 8.83. The maximum Gasteiger partial charge on any atom is 0.171 e. The molecule has 7 heteroatoms. The van der Waals surface area contributed by atoms with E-state index in [0.717, 1.165) is 6.42 Å². The van der Waals surface area contributed by atoms with Crippen LogP contribution < -0.4 is 0 Å². The molecule has 0 aromatic carbocycles. The molecule has 0 amide bonds. The monoisotopic (exact) mass is 278 g/mol. The van der Waals surface area contributed by atoms with E-state index in [1.54, 1.807) is 17.9 Å². The Labute approximate surface area is 98.6 Å². The van der Waals surface area contributed by atoms with Crippen LogP contribution >= 0.6 is 39.2 Å². The molecule has 80 valence electrons. The predicted molar refractivity (Wildman–Crippen MR) is 71.5 cm³/mol. The maximum atomic E-state index is 5.47. The van der Waals surface area contributed by atoms with E-state index < -0.39 is 6.92 Å². The smallest absolute Gasteiger partial charge is 0.171 e. The van der Waals surface area contributed by atoms with E-state index in [0.29, 0.717) is 6.61 Å². The minimum absolute atomic E-state index is 0.359. The highest BCUT2D eigenvalue weighted by Crippen LogP contribution is 2.56. The van der Waals surface area contributed by atoms with Gasteiger partial charge in [-0.3, -0.25) is 0 Å². The molecule has 2 nitrogen and oxygen atoms in total. The van der Waals surface area contributed by atoms with Gasteiger partial charge < -0.3 is 9.26 Å². The fourth-order valence-electron chi connectivity index (χ4n) is 0.800. The molecule has 0 rings (SSSR count). The highest BCUT2D eigenvalue weighted by atomic mass is 33.5. The zero-order chi connectivity index (χ0) is 10.3. The molecule has 0 N–H and O–H groups in total. The summed E-state index contributed by atoms with van der Waals surface area (Å²) < 4.78 is 10.6. The van der Waals surface area contributed by atoms with Gasteiger partial charge in [0.1, 0.15) is 0 Å². The van der Waals surface area contributed by atoms with E-state index >= 15 is 0 Å². The van der Waals surface area contributed by atoms with Crippen molar-refractivity contribution in [3.63, 3.8) is 0 Å². The molecule has 2 unspecified atom stereocenters. The lowest BCUT2D eigenvalue weighted by Gasteiger charge is -2.30. The van der Waals surface area contributed by atoms with Crippen LogP contribution in [0.3, 0.4) is 0 Å². The molecular weight excluding hydrogens is 263 g/mol. The summed E-state index contributed by atoms with van der Waals surface area (Å²) in [6, 6.07) is 0. The molecule has 0 aliphatic rings. The van der Waals surface area contributed by atoms with Crippen molar-refractivity contribution in [3.05, 3.63) is 0 Å². The summed E-state index contributed by atoms with van der Waals surface area (Å²) in [6.07, 6.45) is 0.847. The lowest BCUT2D eigenvalue weighted by molar-refractivity contribution is 0.130. The molecule has 0 aliphatic heterocycles. The molecular formula is C6H15O2PS4. The van der Waals surface area contributed by atoms with Crippen LogP contribution in [0.2, 0.25) is 0 Å². The summed E-state index contributed by atoms with van der Waals surface area (Å²) in [5.74, 6) is 0. The van der Waals surface area contributed by atoms with Crippen LogP contribution in [0.4, 0.5) is 0 Å². The first-order valence-corrected chi connectivity index (χ1v) is 9.62. The van der Waals surface area contributed by atoms with Crippen molar-refractivity contribution in [2.75, 3.05) is 13.7 Å². The van der Waals surface area contributed by atoms with Gasteiger partial charge in [-0.25, -0.2) is 0 Å². The van der Waals surface area contributed by atoms with Crippen molar-refractivity contribution in [1.29, 1.82) is 0 Å². The third kappa shape index (κ3) is 4.33. The number of hydrogen-bond donors (Lipinski definition) is 1. The first kappa shape index (κ1) is 14.6. The second-order valence-electron chi connectivity index (χ2n) is 2.19. The van der Waals surface area contributed by atoms with E-state index in [1.165, 1.54) is 9.83 Å². The van der Waals surface area contributed by atoms with Crippen molar-refractivity contribution in [2.45, 2.75) is 24.9 Å². The van der Waals surface area contributed by atoms with Crippen LogP contribution in [0, 0.1) is 0 Å². The average molecular weight is 278 g/mol. The number of thiol groups is 1. The third-order valence-electron chi connectivity index (χ3n) is 1.55. The Hall–Kier alpha value is 1.62.